The number of aryl methyl sites for hydroxylation is 1. The van der Waals surface area contributed by atoms with Gasteiger partial charge in [0.05, 0.1) is 32.1 Å². The molecular weight excluding hydrogens is 301 g/mol. The first-order valence-electron chi connectivity index (χ1n) is 8.13. The maximum absolute atomic E-state index is 14.7. The molecule has 3 fully saturated rings. The number of carbonyl (C=O) groups is 1. The van der Waals surface area contributed by atoms with Gasteiger partial charge in [-0.15, -0.1) is 0 Å². The molecule has 2 saturated heterocycles. The van der Waals surface area contributed by atoms with E-state index in [4.69, 9.17) is 14.6 Å². The molecule has 1 aliphatic carbocycles. The molecule has 0 aromatic heterocycles. The summed E-state index contributed by atoms with van der Waals surface area (Å²) in [6.45, 7) is 3.45. The van der Waals surface area contributed by atoms with Crippen LogP contribution in [0.3, 0.4) is 0 Å². The van der Waals surface area contributed by atoms with Crippen molar-refractivity contribution in [3.05, 3.63) is 29.1 Å². The minimum Gasteiger partial charge on any atom is -0.441 e. The van der Waals surface area contributed by atoms with Crippen LogP contribution in [-0.2, 0) is 15.9 Å². The van der Waals surface area contributed by atoms with E-state index in [1.807, 2.05) is 13.0 Å². The first-order valence-corrected chi connectivity index (χ1v) is 8.13. The van der Waals surface area contributed by atoms with Gasteiger partial charge in [0.1, 0.15) is 11.9 Å². The molecule has 0 bridgehead atoms. The van der Waals surface area contributed by atoms with Gasteiger partial charge < -0.3 is 14.6 Å². The summed E-state index contributed by atoms with van der Waals surface area (Å²) in [4.78, 5) is 13.4. The number of carbonyl (C=O) groups excluding carboxylic acids is 1. The molecular formula is C17H20FNO4. The average Bonchev–Trinajstić information content (AvgIpc) is 2.90. The van der Waals surface area contributed by atoms with Crippen molar-refractivity contribution in [3.8, 4) is 0 Å². The molecule has 2 unspecified atom stereocenters. The molecule has 1 amide bonds. The zero-order valence-corrected chi connectivity index (χ0v) is 13.0. The molecule has 1 saturated carbocycles. The summed E-state index contributed by atoms with van der Waals surface area (Å²) in [5.74, 6) is 0.863. The molecule has 1 N–H and O–H groups in total. The fourth-order valence-corrected chi connectivity index (χ4v) is 3.93. The van der Waals surface area contributed by atoms with Gasteiger partial charge in [0.2, 0.25) is 0 Å². The summed E-state index contributed by atoms with van der Waals surface area (Å²) in [6.07, 6.45) is -0.369. The van der Waals surface area contributed by atoms with Crippen LogP contribution in [0.25, 0.3) is 0 Å². The summed E-state index contributed by atoms with van der Waals surface area (Å²) < 4.78 is 25.1. The number of hydrogen-bond acceptors (Lipinski definition) is 4. The lowest BCUT2D eigenvalue weighted by molar-refractivity contribution is 0.0963. The van der Waals surface area contributed by atoms with Gasteiger partial charge in [-0.2, -0.15) is 0 Å². The van der Waals surface area contributed by atoms with Crippen LogP contribution in [0, 0.1) is 17.7 Å². The van der Waals surface area contributed by atoms with Crippen molar-refractivity contribution in [2.24, 2.45) is 11.8 Å². The van der Waals surface area contributed by atoms with Crippen LogP contribution in [0.5, 0.6) is 0 Å². The molecule has 1 aromatic rings. The van der Waals surface area contributed by atoms with Gasteiger partial charge in [-0.3, -0.25) is 4.90 Å². The molecule has 2 aliphatic heterocycles. The van der Waals surface area contributed by atoms with Crippen LogP contribution < -0.4 is 4.90 Å². The first-order chi connectivity index (χ1) is 11.1. The Morgan fingerprint density at radius 2 is 2.09 bits per heavy atom. The van der Waals surface area contributed by atoms with Crippen molar-refractivity contribution < 1.29 is 23.8 Å². The highest BCUT2D eigenvalue weighted by molar-refractivity contribution is 5.90. The van der Waals surface area contributed by atoms with Crippen molar-refractivity contribution in [3.63, 3.8) is 0 Å². The van der Waals surface area contributed by atoms with E-state index in [0.717, 1.165) is 11.1 Å². The Morgan fingerprint density at radius 3 is 2.70 bits per heavy atom. The smallest absolute Gasteiger partial charge is 0.414 e. The van der Waals surface area contributed by atoms with Crippen molar-refractivity contribution >= 4 is 11.8 Å². The van der Waals surface area contributed by atoms with Gasteiger partial charge in [-0.25, -0.2) is 9.18 Å². The molecule has 2 heterocycles. The number of fused-ring (bicyclic) bond motifs is 1. The van der Waals surface area contributed by atoms with Crippen molar-refractivity contribution in [1.29, 1.82) is 0 Å². The van der Waals surface area contributed by atoms with E-state index in [9.17, 15) is 9.18 Å². The van der Waals surface area contributed by atoms with Gasteiger partial charge in [-0.1, -0.05) is 13.0 Å². The molecule has 5 nitrogen and oxygen atoms in total. The Labute approximate surface area is 134 Å². The van der Waals surface area contributed by atoms with Crippen LogP contribution in [0.15, 0.2) is 12.1 Å². The number of hydrogen-bond donors (Lipinski definition) is 1. The number of anilines is 1. The van der Waals surface area contributed by atoms with E-state index in [2.05, 4.69) is 0 Å². The molecule has 4 rings (SSSR count). The molecule has 1 aromatic carbocycles. The number of ether oxygens (including phenoxy) is 2. The summed E-state index contributed by atoms with van der Waals surface area (Å²) in [7, 11) is 0. The third kappa shape index (κ3) is 2.32. The third-order valence-electron chi connectivity index (χ3n) is 5.26. The Morgan fingerprint density at radius 1 is 1.35 bits per heavy atom. The van der Waals surface area contributed by atoms with Gasteiger partial charge in [-0.05, 0) is 41.4 Å². The summed E-state index contributed by atoms with van der Waals surface area (Å²) >= 11 is 0. The summed E-state index contributed by atoms with van der Waals surface area (Å²) in [6, 6.07) is 3.34. The third-order valence-corrected chi connectivity index (χ3v) is 5.26. The number of aliphatic hydroxyl groups is 1. The monoisotopic (exact) mass is 321 g/mol. The zero-order valence-electron chi connectivity index (χ0n) is 13.0. The second-order valence-electron chi connectivity index (χ2n) is 6.55. The van der Waals surface area contributed by atoms with Crippen LogP contribution >= 0.6 is 0 Å². The number of cyclic esters (lactones) is 1. The first kappa shape index (κ1) is 14.9. The lowest BCUT2D eigenvalue weighted by Crippen LogP contribution is -2.26. The molecule has 124 valence electrons. The highest BCUT2D eigenvalue weighted by atomic mass is 19.1. The number of amides is 1. The molecule has 0 spiro atoms. The number of nitrogens with zero attached hydrogens (tertiary/aromatic N) is 1. The van der Waals surface area contributed by atoms with E-state index >= 15 is 0 Å². The quantitative estimate of drug-likeness (QED) is 0.922. The van der Waals surface area contributed by atoms with E-state index < -0.39 is 12.2 Å². The molecule has 0 radical (unpaired) electrons. The predicted octanol–water partition coefficient (Wildman–Crippen LogP) is 2.07. The average molecular weight is 321 g/mol. The van der Waals surface area contributed by atoms with Gasteiger partial charge in [0.25, 0.3) is 0 Å². The predicted molar refractivity (Wildman–Crippen MR) is 81.0 cm³/mol. The fraction of sp³-hybridized carbons (Fsp3) is 0.588. The standard InChI is InChI=1S/C17H20FNO4/c1-2-9-3-11(16-12-7-22-8-13(12)16)14(18)4-15(9)19-5-10(6-20)23-17(19)21/h3-4,10,12-13,16,20H,2,5-8H2,1H3/t10-,12?,13?,16?/m1/s1. The van der Waals surface area contributed by atoms with E-state index in [0.29, 0.717) is 37.2 Å². The minimum atomic E-state index is -0.546. The fourth-order valence-electron chi connectivity index (χ4n) is 3.93. The number of aliphatic hydroxyl groups excluding tert-OH is 1. The SMILES string of the molecule is CCc1cc(C2C3COCC32)c(F)cc1N1C[C@H](CO)OC1=O. The lowest BCUT2D eigenvalue weighted by atomic mass is 10.00. The largest absolute Gasteiger partial charge is 0.441 e. The van der Waals surface area contributed by atoms with E-state index in [1.54, 1.807) is 0 Å². The highest BCUT2D eigenvalue weighted by Gasteiger charge is 2.55. The minimum absolute atomic E-state index is 0.226. The van der Waals surface area contributed by atoms with Crippen molar-refractivity contribution in [2.45, 2.75) is 25.4 Å². The number of benzene rings is 1. The maximum atomic E-state index is 14.7. The highest BCUT2D eigenvalue weighted by Crippen LogP contribution is 2.58. The van der Waals surface area contributed by atoms with E-state index in [-0.39, 0.29) is 24.9 Å². The summed E-state index contributed by atoms with van der Waals surface area (Å²) in [5.41, 5.74) is 2.23. The Kier molecular flexibility index (Phi) is 3.54. The number of rotatable bonds is 4. The van der Waals surface area contributed by atoms with Crippen LogP contribution in [0.1, 0.15) is 24.0 Å². The molecule has 3 aliphatic rings. The molecule has 6 heteroatoms. The van der Waals surface area contributed by atoms with E-state index in [1.165, 1.54) is 11.0 Å². The van der Waals surface area contributed by atoms with Crippen LogP contribution in [0.2, 0.25) is 0 Å². The zero-order chi connectivity index (χ0) is 16.1. The second kappa shape index (κ2) is 5.46. The number of halogens is 1. The van der Waals surface area contributed by atoms with Crippen LogP contribution in [-0.4, -0.2) is 43.7 Å². The van der Waals surface area contributed by atoms with Gasteiger partial charge in [0.15, 0.2) is 0 Å². The molecule has 3 atom stereocenters. The Balaban J connectivity index is 1.66. The maximum Gasteiger partial charge on any atom is 0.414 e. The van der Waals surface area contributed by atoms with Crippen molar-refractivity contribution in [1.82, 2.24) is 0 Å². The normalized spacial score (nSPS) is 32.1. The molecule has 23 heavy (non-hydrogen) atoms. The van der Waals surface area contributed by atoms with Crippen LogP contribution in [0.4, 0.5) is 14.9 Å². The summed E-state index contributed by atoms with van der Waals surface area (Å²) in [5, 5.41) is 9.16. The topological polar surface area (TPSA) is 59.0 Å². The second-order valence-corrected chi connectivity index (χ2v) is 6.55. The van der Waals surface area contributed by atoms with Gasteiger partial charge >= 0.3 is 6.09 Å². The van der Waals surface area contributed by atoms with Gasteiger partial charge in [0, 0.05) is 0 Å². The lowest BCUT2D eigenvalue weighted by Gasteiger charge is -2.19. The Bertz CT molecular complexity index is 640. The Hall–Kier alpha value is -1.66. The van der Waals surface area contributed by atoms with Crippen molar-refractivity contribution in [2.75, 3.05) is 31.3 Å².